The Morgan fingerprint density at radius 2 is 2.08 bits per heavy atom. The van der Waals surface area contributed by atoms with Crippen LogP contribution in [0.3, 0.4) is 0 Å². The Morgan fingerprint density at radius 3 is 2.54 bits per heavy atom. The average molecular weight is 176 g/mol. The molecule has 0 spiro atoms. The van der Waals surface area contributed by atoms with Gasteiger partial charge in [0, 0.05) is 6.04 Å². The molecule has 0 aliphatic heterocycles. The van der Waals surface area contributed by atoms with E-state index in [4.69, 9.17) is 5.84 Å². The summed E-state index contributed by atoms with van der Waals surface area (Å²) in [6, 6.07) is 8.59. The zero-order valence-electron chi connectivity index (χ0n) is 7.96. The first-order chi connectivity index (χ1) is 6.26. The molecule has 70 valence electrons. The fraction of sp³-hybridized carbons (Fsp3) is 0.273. The maximum atomic E-state index is 5.34. The Bertz CT molecular complexity index is 264. The Morgan fingerprint density at radius 1 is 1.46 bits per heavy atom. The summed E-state index contributed by atoms with van der Waals surface area (Å²) in [6.45, 7) is 5.78. The molecule has 0 saturated carbocycles. The monoisotopic (exact) mass is 176 g/mol. The van der Waals surface area contributed by atoms with Gasteiger partial charge in [0.1, 0.15) is 0 Å². The van der Waals surface area contributed by atoms with Crippen LogP contribution in [0.2, 0.25) is 0 Å². The van der Waals surface area contributed by atoms with Gasteiger partial charge in [0.05, 0.1) is 0 Å². The Balaban J connectivity index is 2.63. The van der Waals surface area contributed by atoms with Crippen LogP contribution in [0.5, 0.6) is 0 Å². The van der Waals surface area contributed by atoms with E-state index in [1.54, 1.807) is 0 Å². The van der Waals surface area contributed by atoms with Gasteiger partial charge in [-0.25, -0.2) is 0 Å². The van der Waals surface area contributed by atoms with Crippen LogP contribution in [-0.4, -0.2) is 6.04 Å². The van der Waals surface area contributed by atoms with Crippen molar-refractivity contribution < 1.29 is 0 Å². The minimum Gasteiger partial charge on any atom is -0.271 e. The minimum atomic E-state index is 0.155. The van der Waals surface area contributed by atoms with Crippen molar-refractivity contribution in [2.75, 3.05) is 0 Å². The number of nitrogens with one attached hydrogen (secondary N) is 1. The van der Waals surface area contributed by atoms with Crippen molar-refractivity contribution in [3.8, 4) is 0 Å². The highest BCUT2D eigenvalue weighted by atomic mass is 15.2. The number of hydrogen-bond donors (Lipinski definition) is 2. The molecule has 1 rings (SSSR count). The van der Waals surface area contributed by atoms with Crippen molar-refractivity contribution in [2.45, 2.75) is 19.4 Å². The molecule has 0 aliphatic carbocycles. The van der Waals surface area contributed by atoms with Crippen molar-refractivity contribution in [3.63, 3.8) is 0 Å². The van der Waals surface area contributed by atoms with Gasteiger partial charge in [-0.05, 0) is 18.9 Å². The van der Waals surface area contributed by atoms with Gasteiger partial charge in [-0.15, -0.1) is 6.58 Å². The van der Waals surface area contributed by atoms with Crippen LogP contribution in [0.1, 0.15) is 11.1 Å². The van der Waals surface area contributed by atoms with Crippen molar-refractivity contribution >= 4 is 0 Å². The quantitative estimate of drug-likeness (QED) is 0.415. The Kier molecular flexibility index (Phi) is 3.68. The van der Waals surface area contributed by atoms with Crippen molar-refractivity contribution in [3.05, 3.63) is 48.0 Å². The molecule has 3 N–H and O–H groups in total. The van der Waals surface area contributed by atoms with Crippen LogP contribution in [-0.2, 0) is 6.42 Å². The number of hydrogen-bond acceptors (Lipinski definition) is 2. The highest BCUT2D eigenvalue weighted by Crippen LogP contribution is 2.05. The molecule has 0 unspecified atom stereocenters. The zero-order chi connectivity index (χ0) is 9.68. The molecule has 1 aromatic carbocycles. The molecule has 0 aliphatic rings. The van der Waals surface area contributed by atoms with Crippen LogP contribution < -0.4 is 11.3 Å². The fourth-order valence-corrected chi connectivity index (χ4v) is 1.19. The first kappa shape index (κ1) is 9.96. The number of rotatable bonds is 4. The number of hydrazine groups is 1. The summed E-state index contributed by atoms with van der Waals surface area (Å²) in [5.74, 6) is 5.34. The van der Waals surface area contributed by atoms with Crippen LogP contribution in [0, 0.1) is 6.92 Å². The third-order valence-corrected chi connectivity index (χ3v) is 2.07. The van der Waals surface area contributed by atoms with Crippen LogP contribution in [0.15, 0.2) is 36.9 Å². The summed E-state index contributed by atoms with van der Waals surface area (Å²) in [4.78, 5) is 0. The van der Waals surface area contributed by atoms with Gasteiger partial charge in [-0.1, -0.05) is 35.9 Å². The molecule has 1 aromatic rings. The first-order valence-electron chi connectivity index (χ1n) is 4.40. The van der Waals surface area contributed by atoms with Gasteiger partial charge in [0.2, 0.25) is 0 Å². The molecule has 1 atom stereocenters. The summed E-state index contributed by atoms with van der Waals surface area (Å²) in [6.07, 6.45) is 2.71. The largest absolute Gasteiger partial charge is 0.271 e. The Hall–Kier alpha value is -1.12. The second-order valence-electron chi connectivity index (χ2n) is 3.20. The third-order valence-electron chi connectivity index (χ3n) is 2.07. The lowest BCUT2D eigenvalue weighted by molar-refractivity contribution is 0.618. The lowest BCUT2D eigenvalue weighted by atomic mass is 10.1. The number of aryl methyl sites for hydroxylation is 1. The summed E-state index contributed by atoms with van der Waals surface area (Å²) in [7, 11) is 0. The number of benzene rings is 1. The van der Waals surface area contributed by atoms with Crippen molar-refractivity contribution in [1.29, 1.82) is 0 Å². The molecule has 0 fully saturated rings. The van der Waals surface area contributed by atoms with Crippen molar-refractivity contribution in [1.82, 2.24) is 5.43 Å². The molecule has 0 bridgehead atoms. The van der Waals surface area contributed by atoms with Crippen LogP contribution >= 0.6 is 0 Å². The Labute approximate surface area is 79.4 Å². The molecule has 0 heterocycles. The van der Waals surface area contributed by atoms with Gasteiger partial charge in [-0.2, -0.15) is 0 Å². The smallest absolute Gasteiger partial charge is 0.0428 e. The van der Waals surface area contributed by atoms with Gasteiger partial charge in [-0.3, -0.25) is 11.3 Å². The predicted octanol–water partition coefficient (Wildman–Crippen LogP) is 1.56. The van der Waals surface area contributed by atoms with Gasteiger partial charge < -0.3 is 0 Å². The molecule has 2 heteroatoms. The van der Waals surface area contributed by atoms with Gasteiger partial charge in [0.15, 0.2) is 0 Å². The van der Waals surface area contributed by atoms with E-state index in [1.807, 2.05) is 6.08 Å². The highest BCUT2D eigenvalue weighted by molar-refractivity contribution is 5.22. The first-order valence-corrected chi connectivity index (χ1v) is 4.40. The van der Waals surface area contributed by atoms with E-state index >= 15 is 0 Å². The molecule has 0 aromatic heterocycles. The maximum absolute atomic E-state index is 5.34. The summed E-state index contributed by atoms with van der Waals surface area (Å²) in [5, 5.41) is 0. The molecular weight excluding hydrogens is 160 g/mol. The van der Waals surface area contributed by atoms with Crippen molar-refractivity contribution in [2.24, 2.45) is 5.84 Å². The molecule has 0 saturated heterocycles. The summed E-state index contributed by atoms with van der Waals surface area (Å²) in [5.41, 5.74) is 5.25. The topological polar surface area (TPSA) is 38.0 Å². The second-order valence-corrected chi connectivity index (χ2v) is 3.20. The van der Waals surface area contributed by atoms with Gasteiger partial charge >= 0.3 is 0 Å². The SMILES string of the molecule is C=C[C@H](Cc1ccc(C)cc1)NN. The second kappa shape index (κ2) is 4.80. The lowest BCUT2D eigenvalue weighted by Crippen LogP contribution is -2.34. The maximum Gasteiger partial charge on any atom is 0.0428 e. The lowest BCUT2D eigenvalue weighted by Gasteiger charge is -2.10. The van der Waals surface area contributed by atoms with E-state index < -0.39 is 0 Å². The molecular formula is C11H16N2. The van der Waals surface area contributed by atoms with E-state index in [0.29, 0.717) is 0 Å². The predicted molar refractivity (Wildman–Crippen MR) is 56.2 cm³/mol. The third kappa shape index (κ3) is 3.01. The summed E-state index contributed by atoms with van der Waals surface area (Å²) < 4.78 is 0. The molecule has 0 amide bonds. The average Bonchev–Trinajstić information content (AvgIpc) is 2.17. The normalized spacial score (nSPS) is 12.5. The van der Waals surface area contributed by atoms with Crippen LogP contribution in [0.4, 0.5) is 0 Å². The van der Waals surface area contributed by atoms with Crippen LogP contribution in [0.25, 0.3) is 0 Å². The highest BCUT2D eigenvalue weighted by Gasteiger charge is 2.01. The zero-order valence-corrected chi connectivity index (χ0v) is 7.96. The van der Waals surface area contributed by atoms with E-state index in [9.17, 15) is 0 Å². The summed E-state index contributed by atoms with van der Waals surface area (Å²) >= 11 is 0. The van der Waals surface area contributed by atoms with E-state index in [1.165, 1.54) is 11.1 Å². The fourth-order valence-electron chi connectivity index (χ4n) is 1.19. The minimum absolute atomic E-state index is 0.155. The van der Waals surface area contributed by atoms with E-state index in [2.05, 4.69) is 43.2 Å². The molecule has 0 radical (unpaired) electrons. The molecule has 2 nitrogen and oxygen atoms in total. The standard InChI is InChI=1S/C11H16N2/c1-3-11(13-12)8-10-6-4-9(2)5-7-10/h3-7,11,13H,1,8,12H2,2H3/t11-/m1/s1. The van der Waals surface area contributed by atoms with Gasteiger partial charge in [0.25, 0.3) is 0 Å². The van der Waals surface area contributed by atoms with E-state index in [-0.39, 0.29) is 6.04 Å². The number of nitrogens with two attached hydrogens (primary N) is 1. The van der Waals surface area contributed by atoms with E-state index in [0.717, 1.165) is 6.42 Å². The molecule has 13 heavy (non-hydrogen) atoms.